The maximum Gasteiger partial charge on any atom is 0.352 e. The zero-order chi connectivity index (χ0) is 15.4. The maximum absolute atomic E-state index is 11.1. The van der Waals surface area contributed by atoms with Crippen LogP contribution in [-0.4, -0.2) is 45.0 Å². The molecule has 0 bridgehead atoms. The van der Waals surface area contributed by atoms with Crippen molar-refractivity contribution in [1.29, 1.82) is 0 Å². The number of rotatable bonds is 6. The monoisotopic (exact) mass is 327 g/mol. The van der Waals surface area contributed by atoms with E-state index in [1.807, 2.05) is 30.3 Å². The van der Waals surface area contributed by atoms with E-state index in [0.29, 0.717) is 6.54 Å². The summed E-state index contributed by atoms with van der Waals surface area (Å²) in [5.41, 5.74) is 6.56. The summed E-state index contributed by atoms with van der Waals surface area (Å²) in [7, 11) is 0. The van der Waals surface area contributed by atoms with Crippen molar-refractivity contribution in [1.82, 2.24) is 5.01 Å². The Morgan fingerprint density at radius 2 is 1.95 bits per heavy atom. The van der Waals surface area contributed by atoms with E-state index in [2.05, 4.69) is 5.10 Å². The molecule has 7 nitrogen and oxygen atoms in total. The van der Waals surface area contributed by atoms with Crippen LogP contribution < -0.4 is 5.73 Å². The van der Waals surface area contributed by atoms with Gasteiger partial charge >= 0.3 is 11.9 Å². The van der Waals surface area contributed by atoms with Gasteiger partial charge in [-0.05, 0) is 12.0 Å². The molecule has 1 aromatic carbocycles. The number of hydrazone groups is 1. The summed E-state index contributed by atoms with van der Waals surface area (Å²) in [5, 5.41) is 23.6. The number of benzene rings is 1. The molecular weight excluding hydrogens is 310 g/mol. The largest absolute Gasteiger partial charge is 0.480 e. The molecule has 0 radical (unpaired) electrons. The third-order valence-corrected chi connectivity index (χ3v) is 3.38. The lowest BCUT2D eigenvalue weighted by Gasteiger charge is -2.24. The fraction of sp³-hybridized carbons (Fsp3) is 0.357. The van der Waals surface area contributed by atoms with Gasteiger partial charge in [-0.3, -0.25) is 9.80 Å². The first-order valence-electron chi connectivity index (χ1n) is 6.57. The Kier molecular flexibility index (Phi) is 6.33. The normalized spacial score (nSPS) is 18.3. The van der Waals surface area contributed by atoms with Gasteiger partial charge in [-0.2, -0.15) is 5.10 Å². The number of carboxylic acid groups (broad SMARTS) is 2. The zero-order valence-electron chi connectivity index (χ0n) is 11.8. The number of nitrogens with zero attached hydrogens (tertiary/aromatic N) is 2. The standard InChI is InChI=1S/C14H17N3O4.ClH/c15-11(13(18)19)6-10-7-12(14(20)21)16-17(10)8-9-4-2-1-3-5-9;/h1-5,10-11H,6-8,15H2,(H,18,19)(H,20,21);1H/t10-,11+;/m0./s1. The first-order valence-corrected chi connectivity index (χ1v) is 6.57. The topological polar surface area (TPSA) is 116 Å². The van der Waals surface area contributed by atoms with Gasteiger partial charge in [0.25, 0.3) is 0 Å². The Hall–Kier alpha value is -2.12. The first kappa shape index (κ1) is 17.9. The second-order valence-corrected chi connectivity index (χ2v) is 4.97. The van der Waals surface area contributed by atoms with Crippen molar-refractivity contribution < 1.29 is 19.8 Å². The van der Waals surface area contributed by atoms with Crippen LogP contribution in [0.1, 0.15) is 18.4 Å². The summed E-state index contributed by atoms with van der Waals surface area (Å²) in [5.74, 6) is -2.18. The predicted octanol–water partition coefficient (Wildman–Crippen LogP) is 0.925. The minimum absolute atomic E-state index is 0. The van der Waals surface area contributed by atoms with Crippen LogP contribution in [0.4, 0.5) is 0 Å². The van der Waals surface area contributed by atoms with Crippen molar-refractivity contribution >= 4 is 30.1 Å². The number of aliphatic carboxylic acids is 2. The average Bonchev–Trinajstić information content (AvgIpc) is 2.83. The van der Waals surface area contributed by atoms with Gasteiger partial charge in [0.2, 0.25) is 0 Å². The number of hydrogen-bond acceptors (Lipinski definition) is 5. The van der Waals surface area contributed by atoms with E-state index in [1.54, 1.807) is 5.01 Å². The molecule has 8 heteroatoms. The third kappa shape index (κ3) is 4.44. The highest BCUT2D eigenvalue weighted by atomic mass is 35.5. The van der Waals surface area contributed by atoms with Crippen molar-refractivity contribution in [2.24, 2.45) is 10.8 Å². The van der Waals surface area contributed by atoms with E-state index in [1.165, 1.54) is 0 Å². The van der Waals surface area contributed by atoms with Crippen molar-refractivity contribution in [3.63, 3.8) is 0 Å². The second-order valence-electron chi connectivity index (χ2n) is 4.97. The van der Waals surface area contributed by atoms with E-state index >= 15 is 0 Å². The minimum Gasteiger partial charge on any atom is -0.480 e. The molecule has 4 N–H and O–H groups in total. The Morgan fingerprint density at radius 3 is 2.50 bits per heavy atom. The SMILES string of the molecule is Cl.N[C@H](C[C@H]1CC(C(=O)O)=NN1Cc1ccccc1)C(=O)O. The average molecular weight is 328 g/mol. The summed E-state index contributed by atoms with van der Waals surface area (Å²) in [6, 6.07) is 8.11. The molecule has 0 aromatic heterocycles. The van der Waals surface area contributed by atoms with Gasteiger partial charge in [0.15, 0.2) is 0 Å². The van der Waals surface area contributed by atoms with E-state index in [4.69, 9.17) is 15.9 Å². The molecule has 1 heterocycles. The lowest BCUT2D eigenvalue weighted by Crippen LogP contribution is -2.38. The van der Waals surface area contributed by atoms with E-state index in [0.717, 1.165) is 5.56 Å². The van der Waals surface area contributed by atoms with Crippen LogP contribution in [0.5, 0.6) is 0 Å². The fourth-order valence-electron chi connectivity index (χ4n) is 2.27. The quantitative estimate of drug-likeness (QED) is 0.715. The number of carboxylic acids is 2. The van der Waals surface area contributed by atoms with Crippen LogP contribution in [-0.2, 0) is 16.1 Å². The van der Waals surface area contributed by atoms with Crippen molar-refractivity contribution in [3.8, 4) is 0 Å². The highest BCUT2D eigenvalue weighted by Crippen LogP contribution is 2.22. The molecule has 1 aliphatic rings. The Morgan fingerprint density at radius 1 is 1.32 bits per heavy atom. The molecule has 0 spiro atoms. The van der Waals surface area contributed by atoms with Gasteiger partial charge in [0.1, 0.15) is 11.8 Å². The third-order valence-electron chi connectivity index (χ3n) is 3.38. The molecule has 0 saturated heterocycles. The minimum atomic E-state index is -1.10. The van der Waals surface area contributed by atoms with Crippen LogP contribution in [0.15, 0.2) is 35.4 Å². The Balaban J connectivity index is 0.00000242. The van der Waals surface area contributed by atoms with Crippen LogP contribution in [0.3, 0.4) is 0 Å². The fourth-order valence-corrected chi connectivity index (χ4v) is 2.27. The van der Waals surface area contributed by atoms with Gasteiger partial charge in [-0.15, -0.1) is 12.4 Å². The van der Waals surface area contributed by atoms with Crippen molar-refractivity contribution in [3.05, 3.63) is 35.9 Å². The number of nitrogens with two attached hydrogens (primary N) is 1. The van der Waals surface area contributed by atoms with Crippen molar-refractivity contribution in [2.75, 3.05) is 0 Å². The molecule has 1 aromatic rings. The van der Waals surface area contributed by atoms with E-state index in [-0.39, 0.29) is 37.0 Å². The molecule has 0 fully saturated rings. The lowest BCUT2D eigenvalue weighted by molar-refractivity contribution is -0.139. The summed E-state index contributed by atoms with van der Waals surface area (Å²) >= 11 is 0. The molecule has 0 unspecified atom stereocenters. The molecule has 120 valence electrons. The highest BCUT2D eigenvalue weighted by Gasteiger charge is 2.32. The van der Waals surface area contributed by atoms with Crippen LogP contribution >= 0.6 is 12.4 Å². The number of halogens is 1. The summed E-state index contributed by atoms with van der Waals surface area (Å²) < 4.78 is 0. The summed E-state index contributed by atoms with van der Waals surface area (Å²) in [6.45, 7) is 0.425. The maximum atomic E-state index is 11.1. The van der Waals surface area contributed by atoms with Gasteiger partial charge in [-0.1, -0.05) is 30.3 Å². The van der Waals surface area contributed by atoms with Gasteiger partial charge in [-0.25, -0.2) is 4.79 Å². The molecule has 2 rings (SSSR count). The van der Waals surface area contributed by atoms with Crippen molar-refractivity contribution in [2.45, 2.75) is 31.5 Å². The summed E-state index contributed by atoms with van der Waals surface area (Å²) in [4.78, 5) is 21.9. The Labute approximate surface area is 133 Å². The van der Waals surface area contributed by atoms with Crippen LogP contribution in [0.25, 0.3) is 0 Å². The van der Waals surface area contributed by atoms with Crippen LogP contribution in [0.2, 0.25) is 0 Å². The van der Waals surface area contributed by atoms with Crippen LogP contribution in [0, 0.1) is 0 Å². The Bertz CT molecular complexity index is 564. The van der Waals surface area contributed by atoms with Gasteiger partial charge in [0, 0.05) is 6.42 Å². The molecule has 1 aliphatic heterocycles. The predicted molar refractivity (Wildman–Crippen MR) is 82.9 cm³/mol. The number of carbonyl (C=O) groups is 2. The number of hydrogen-bond donors (Lipinski definition) is 3. The van der Waals surface area contributed by atoms with Gasteiger partial charge < -0.3 is 15.9 Å². The first-order chi connectivity index (χ1) is 9.97. The zero-order valence-corrected chi connectivity index (χ0v) is 12.6. The smallest absolute Gasteiger partial charge is 0.352 e. The lowest BCUT2D eigenvalue weighted by atomic mass is 10.0. The molecule has 0 amide bonds. The molecule has 0 aliphatic carbocycles. The van der Waals surface area contributed by atoms with E-state index < -0.39 is 18.0 Å². The molecule has 2 atom stereocenters. The molecular formula is C14H18ClN3O4. The molecule has 22 heavy (non-hydrogen) atoms. The van der Waals surface area contributed by atoms with E-state index in [9.17, 15) is 9.59 Å². The van der Waals surface area contributed by atoms with Gasteiger partial charge in [0.05, 0.1) is 12.6 Å². The molecule has 0 saturated carbocycles. The second kappa shape index (κ2) is 7.77. The highest BCUT2D eigenvalue weighted by molar-refractivity contribution is 6.36. The summed E-state index contributed by atoms with van der Waals surface area (Å²) in [6.07, 6.45) is 0.353.